The number of alkyl halides is 3. The predicted octanol–water partition coefficient (Wildman–Crippen LogP) is 2.93. The summed E-state index contributed by atoms with van der Waals surface area (Å²) >= 11 is 0. The minimum absolute atomic E-state index is 0.210. The number of nitrogens with one attached hydrogen (secondary N) is 1. The summed E-state index contributed by atoms with van der Waals surface area (Å²) < 4.78 is 40.4. The molecule has 0 unspecified atom stereocenters. The van der Waals surface area contributed by atoms with E-state index in [0.717, 1.165) is 5.39 Å². The molecule has 1 amide bonds. The van der Waals surface area contributed by atoms with Crippen molar-refractivity contribution >= 4 is 16.8 Å². The number of benzene rings is 1. The Morgan fingerprint density at radius 2 is 2.00 bits per heavy atom. The van der Waals surface area contributed by atoms with E-state index in [0.29, 0.717) is 5.52 Å². The van der Waals surface area contributed by atoms with Gasteiger partial charge in [-0.3, -0.25) is 4.79 Å². The van der Waals surface area contributed by atoms with Crippen LogP contribution >= 0.6 is 0 Å². The number of hydrogen-bond acceptors (Lipinski definition) is 3. The van der Waals surface area contributed by atoms with Gasteiger partial charge >= 0.3 is 6.18 Å². The molecule has 0 aliphatic rings. The number of nitrogens with zero attached hydrogens (tertiary/aromatic N) is 1. The third-order valence-electron chi connectivity index (χ3n) is 2.84. The van der Waals surface area contributed by atoms with Crippen molar-refractivity contribution in [2.45, 2.75) is 19.1 Å². The average Bonchev–Trinajstić information content (AvgIpc) is 2.45. The molecule has 0 radical (unpaired) electrons. The molecule has 4 nitrogen and oxygen atoms in total. The second-order valence-electron chi connectivity index (χ2n) is 4.89. The fourth-order valence-corrected chi connectivity index (χ4v) is 1.88. The van der Waals surface area contributed by atoms with Crippen LogP contribution in [-0.4, -0.2) is 36.3 Å². The fourth-order valence-electron chi connectivity index (χ4n) is 1.88. The van der Waals surface area contributed by atoms with Gasteiger partial charge in [-0.1, -0.05) is 24.3 Å². The average molecular weight is 312 g/mol. The smallest absolute Gasteiger partial charge is 0.370 e. The second-order valence-corrected chi connectivity index (χ2v) is 4.89. The van der Waals surface area contributed by atoms with Gasteiger partial charge in [0.15, 0.2) is 0 Å². The first kappa shape index (κ1) is 16.2. The highest BCUT2D eigenvalue weighted by Gasteiger charge is 2.27. The van der Waals surface area contributed by atoms with Crippen LogP contribution in [0.2, 0.25) is 0 Å². The van der Waals surface area contributed by atoms with Crippen LogP contribution in [-0.2, 0) is 4.74 Å². The molecule has 0 spiro atoms. The van der Waals surface area contributed by atoms with Crippen LogP contribution in [0.3, 0.4) is 0 Å². The van der Waals surface area contributed by atoms with E-state index in [1.807, 2.05) is 18.2 Å². The zero-order valence-corrected chi connectivity index (χ0v) is 11.9. The SMILES string of the molecule is C[C@@H](COCC(F)(F)F)NC(=O)c1ccc2ccccc2n1. The largest absolute Gasteiger partial charge is 0.411 e. The first-order valence-corrected chi connectivity index (χ1v) is 6.66. The first-order valence-electron chi connectivity index (χ1n) is 6.66. The zero-order chi connectivity index (χ0) is 16.2. The highest BCUT2D eigenvalue weighted by Crippen LogP contribution is 2.14. The third kappa shape index (κ3) is 4.70. The van der Waals surface area contributed by atoms with Gasteiger partial charge in [-0.15, -0.1) is 0 Å². The van der Waals surface area contributed by atoms with E-state index >= 15 is 0 Å². The van der Waals surface area contributed by atoms with Gasteiger partial charge in [-0.2, -0.15) is 13.2 Å². The molecule has 0 aliphatic carbocycles. The Morgan fingerprint density at radius 3 is 2.73 bits per heavy atom. The number of hydrogen-bond donors (Lipinski definition) is 1. The fraction of sp³-hybridized carbons (Fsp3) is 0.333. The summed E-state index contributed by atoms with van der Waals surface area (Å²) in [7, 11) is 0. The summed E-state index contributed by atoms with van der Waals surface area (Å²) in [5.41, 5.74) is 0.887. The van der Waals surface area contributed by atoms with E-state index in [1.165, 1.54) is 0 Å². The number of pyridine rings is 1. The first-order chi connectivity index (χ1) is 10.3. The van der Waals surface area contributed by atoms with E-state index in [-0.39, 0.29) is 12.3 Å². The lowest BCUT2D eigenvalue weighted by Gasteiger charge is -2.15. The molecule has 0 saturated carbocycles. The summed E-state index contributed by atoms with van der Waals surface area (Å²) in [6, 6.07) is 10.1. The molecular weight excluding hydrogens is 297 g/mol. The molecule has 1 atom stereocenters. The number of ether oxygens (including phenoxy) is 1. The van der Waals surface area contributed by atoms with Crippen LogP contribution in [0.1, 0.15) is 17.4 Å². The van der Waals surface area contributed by atoms with Gasteiger partial charge in [0.05, 0.1) is 12.1 Å². The molecular formula is C15H15F3N2O2. The minimum Gasteiger partial charge on any atom is -0.370 e. The molecule has 22 heavy (non-hydrogen) atoms. The summed E-state index contributed by atoms with van der Waals surface area (Å²) in [4.78, 5) is 16.2. The Morgan fingerprint density at radius 1 is 1.27 bits per heavy atom. The molecule has 2 rings (SSSR count). The number of para-hydroxylation sites is 1. The van der Waals surface area contributed by atoms with Gasteiger partial charge in [0, 0.05) is 11.4 Å². The van der Waals surface area contributed by atoms with E-state index in [4.69, 9.17) is 0 Å². The molecule has 0 aliphatic heterocycles. The van der Waals surface area contributed by atoms with Crippen LogP contribution in [0.5, 0.6) is 0 Å². The lowest BCUT2D eigenvalue weighted by Crippen LogP contribution is -2.37. The van der Waals surface area contributed by atoms with Crippen LogP contribution in [0, 0.1) is 0 Å². The van der Waals surface area contributed by atoms with Gasteiger partial charge in [0.2, 0.25) is 0 Å². The van der Waals surface area contributed by atoms with Gasteiger partial charge in [0.1, 0.15) is 12.3 Å². The Bertz CT molecular complexity index is 659. The van der Waals surface area contributed by atoms with Crippen LogP contribution in [0.4, 0.5) is 13.2 Å². The maximum atomic E-state index is 12.0. The monoisotopic (exact) mass is 312 g/mol. The van der Waals surface area contributed by atoms with Crippen molar-refractivity contribution in [3.8, 4) is 0 Å². The minimum atomic E-state index is -4.37. The number of fused-ring (bicyclic) bond motifs is 1. The standard InChI is InChI=1S/C15H15F3N2O2/c1-10(8-22-9-15(16,17)18)19-14(21)13-7-6-11-4-2-3-5-12(11)20-13/h2-7,10H,8-9H2,1H3,(H,19,21)/t10-/m0/s1. The lowest BCUT2D eigenvalue weighted by atomic mass is 10.2. The zero-order valence-electron chi connectivity index (χ0n) is 11.9. The summed E-state index contributed by atoms with van der Waals surface area (Å²) in [5.74, 6) is -0.450. The highest BCUT2D eigenvalue weighted by molar-refractivity contribution is 5.95. The van der Waals surface area contributed by atoms with E-state index in [2.05, 4.69) is 15.0 Å². The molecule has 1 aromatic carbocycles. The van der Waals surface area contributed by atoms with Crippen LogP contribution < -0.4 is 5.32 Å². The maximum Gasteiger partial charge on any atom is 0.411 e. The molecule has 0 saturated heterocycles. The summed E-state index contributed by atoms with van der Waals surface area (Å²) in [6.45, 7) is 0.00951. The van der Waals surface area contributed by atoms with Crippen molar-refractivity contribution in [3.63, 3.8) is 0 Å². The number of rotatable bonds is 5. The number of carbonyl (C=O) groups excluding carboxylic acids is 1. The maximum absolute atomic E-state index is 12.0. The van der Waals surface area contributed by atoms with Gasteiger partial charge < -0.3 is 10.1 Å². The van der Waals surface area contributed by atoms with Crippen LogP contribution in [0.25, 0.3) is 10.9 Å². The van der Waals surface area contributed by atoms with E-state index < -0.39 is 24.7 Å². The molecule has 2 aromatic rings. The Kier molecular flexibility index (Phi) is 4.97. The van der Waals surface area contributed by atoms with Crippen molar-refractivity contribution in [1.29, 1.82) is 0 Å². The molecule has 0 fully saturated rings. The van der Waals surface area contributed by atoms with Crippen molar-refractivity contribution in [2.75, 3.05) is 13.2 Å². The molecule has 1 heterocycles. The third-order valence-corrected chi connectivity index (χ3v) is 2.84. The number of halogens is 3. The molecule has 118 valence electrons. The van der Waals surface area contributed by atoms with E-state index in [9.17, 15) is 18.0 Å². The van der Waals surface area contributed by atoms with Crippen molar-refractivity contribution in [2.24, 2.45) is 0 Å². The Labute approximate surface area is 125 Å². The topological polar surface area (TPSA) is 51.2 Å². The Hall–Kier alpha value is -2.15. The molecule has 1 N–H and O–H groups in total. The summed E-state index contributed by atoms with van der Waals surface area (Å²) in [5, 5.41) is 3.46. The number of aromatic nitrogens is 1. The van der Waals surface area contributed by atoms with Crippen molar-refractivity contribution in [1.82, 2.24) is 10.3 Å². The molecule has 7 heteroatoms. The van der Waals surface area contributed by atoms with Crippen molar-refractivity contribution in [3.05, 3.63) is 42.1 Å². The van der Waals surface area contributed by atoms with E-state index in [1.54, 1.807) is 25.1 Å². The van der Waals surface area contributed by atoms with Gasteiger partial charge in [0.25, 0.3) is 5.91 Å². The quantitative estimate of drug-likeness (QED) is 0.923. The highest BCUT2D eigenvalue weighted by atomic mass is 19.4. The number of carbonyl (C=O) groups is 1. The van der Waals surface area contributed by atoms with Crippen LogP contribution in [0.15, 0.2) is 36.4 Å². The van der Waals surface area contributed by atoms with Crippen molar-refractivity contribution < 1.29 is 22.7 Å². The molecule has 1 aromatic heterocycles. The predicted molar refractivity (Wildman–Crippen MR) is 75.5 cm³/mol. The lowest BCUT2D eigenvalue weighted by molar-refractivity contribution is -0.174. The molecule has 0 bridgehead atoms. The van der Waals surface area contributed by atoms with Gasteiger partial charge in [-0.05, 0) is 19.1 Å². The second kappa shape index (κ2) is 6.74. The summed E-state index contributed by atoms with van der Waals surface area (Å²) in [6.07, 6.45) is -4.37. The Balaban J connectivity index is 1.92. The number of amides is 1. The normalized spacial score (nSPS) is 13.1. The van der Waals surface area contributed by atoms with Gasteiger partial charge in [-0.25, -0.2) is 4.98 Å².